The minimum Gasteiger partial charge on any atom is -0.374 e. The van der Waals surface area contributed by atoms with E-state index in [2.05, 4.69) is 9.55 Å². The van der Waals surface area contributed by atoms with Gasteiger partial charge in [-0.15, -0.1) is 0 Å². The molecule has 0 radical (unpaired) electrons. The fraction of sp³-hybridized carbons (Fsp3) is 0.375. The van der Waals surface area contributed by atoms with E-state index in [1.54, 1.807) is 18.3 Å². The standard InChI is InChI=1S/C16H20FN3O/c1-12(21)16-14(17)6-4-7-15(16)19(3)9-5-10-20-11-8-18-13(20)2/h4,6-8,11H,5,9-10H2,1-3H3. The Morgan fingerprint density at radius 3 is 2.81 bits per heavy atom. The number of halogens is 1. The van der Waals surface area contributed by atoms with Gasteiger partial charge in [0, 0.05) is 32.5 Å². The highest BCUT2D eigenvalue weighted by Gasteiger charge is 2.15. The molecular formula is C16H20FN3O. The second-order valence-corrected chi connectivity index (χ2v) is 5.13. The van der Waals surface area contributed by atoms with E-state index < -0.39 is 5.82 Å². The SMILES string of the molecule is CC(=O)c1c(F)cccc1N(C)CCCn1ccnc1C. The van der Waals surface area contributed by atoms with E-state index in [0.29, 0.717) is 5.69 Å². The van der Waals surface area contributed by atoms with Crippen LogP contribution in [0.5, 0.6) is 0 Å². The van der Waals surface area contributed by atoms with Crippen LogP contribution >= 0.6 is 0 Å². The van der Waals surface area contributed by atoms with Crippen LogP contribution in [0.15, 0.2) is 30.6 Å². The van der Waals surface area contributed by atoms with Gasteiger partial charge >= 0.3 is 0 Å². The van der Waals surface area contributed by atoms with Crippen LogP contribution in [0.2, 0.25) is 0 Å². The summed E-state index contributed by atoms with van der Waals surface area (Å²) in [6.45, 7) is 4.94. The molecule has 1 aromatic heterocycles. The van der Waals surface area contributed by atoms with Gasteiger partial charge in [-0.1, -0.05) is 6.07 Å². The summed E-state index contributed by atoms with van der Waals surface area (Å²) >= 11 is 0. The molecule has 0 aliphatic carbocycles. The molecule has 0 saturated heterocycles. The predicted molar refractivity (Wildman–Crippen MR) is 81.3 cm³/mol. The van der Waals surface area contributed by atoms with E-state index in [-0.39, 0.29) is 11.3 Å². The third kappa shape index (κ3) is 3.48. The summed E-state index contributed by atoms with van der Waals surface area (Å²) in [6.07, 6.45) is 4.61. The number of Topliss-reactive ketones (excluding diaryl/α,β-unsaturated/α-hetero) is 1. The average molecular weight is 289 g/mol. The number of carbonyl (C=O) groups is 1. The summed E-state index contributed by atoms with van der Waals surface area (Å²) in [7, 11) is 1.88. The lowest BCUT2D eigenvalue weighted by atomic mass is 10.1. The zero-order valence-electron chi connectivity index (χ0n) is 12.6. The Hall–Kier alpha value is -2.17. The van der Waals surface area contributed by atoms with Gasteiger partial charge in [0.15, 0.2) is 5.78 Å². The molecule has 1 heterocycles. The first-order chi connectivity index (χ1) is 10.0. The largest absolute Gasteiger partial charge is 0.374 e. The quantitative estimate of drug-likeness (QED) is 0.767. The average Bonchev–Trinajstić information content (AvgIpc) is 2.83. The zero-order valence-corrected chi connectivity index (χ0v) is 12.6. The van der Waals surface area contributed by atoms with Crippen LogP contribution in [-0.2, 0) is 6.54 Å². The van der Waals surface area contributed by atoms with Gasteiger partial charge in [-0.2, -0.15) is 0 Å². The van der Waals surface area contributed by atoms with Crippen molar-refractivity contribution in [2.45, 2.75) is 26.8 Å². The van der Waals surface area contributed by atoms with Gasteiger partial charge in [-0.3, -0.25) is 4.79 Å². The number of carbonyl (C=O) groups excluding carboxylic acids is 1. The number of hydrogen-bond donors (Lipinski definition) is 0. The molecule has 112 valence electrons. The number of imidazole rings is 1. The second kappa shape index (κ2) is 6.52. The predicted octanol–water partition coefficient (Wildman–Crippen LogP) is 3.06. The van der Waals surface area contributed by atoms with Crippen LogP contribution < -0.4 is 4.90 Å². The number of benzene rings is 1. The molecule has 0 aliphatic rings. The van der Waals surface area contributed by atoms with E-state index in [4.69, 9.17) is 0 Å². The maximum absolute atomic E-state index is 13.8. The van der Waals surface area contributed by atoms with Gasteiger partial charge in [0.2, 0.25) is 0 Å². The molecule has 2 aromatic rings. The van der Waals surface area contributed by atoms with Crippen LogP contribution in [0, 0.1) is 12.7 Å². The van der Waals surface area contributed by atoms with Crippen LogP contribution in [0.25, 0.3) is 0 Å². The molecule has 0 unspecified atom stereocenters. The van der Waals surface area contributed by atoms with Crippen molar-refractivity contribution in [2.75, 3.05) is 18.5 Å². The van der Waals surface area contributed by atoms with E-state index in [1.165, 1.54) is 13.0 Å². The van der Waals surface area contributed by atoms with Crippen molar-refractivity contribution in [3.8, 4) is 0 Å². The van der Waals surface area contributed by atoms with Crippen LogP contribution in [0.1, 0.15) is 29.5 Å². The third-order valence-electron chi connectivity index (χ3n) is 3.57. The Kier molecular flexibility index (Phi) is 4.73. The fourth-order valence-corrected chi connectivity index (χ4v) is 2.42. The smallest absolute Gasteiger partial charge is 0.164 e. The van der Waals surface area contributed by atoms with Crippen molar-refractivity contribution in [3.63, 3.8) is 0 Å². The molecule has 0 bridgehead atoms. The maximum Gasteiger partial charge on any atom is 0.164 e. The number of rotatable bonds is 6. The molecule has 0 spiro atoms. The van der Waals surface area contributed by atoms with E-state index >= 15 is 0 Å². The number of ketones is 1. The molecule has 5 heteroatoms. The van der Waals surface area contributed by atoms with Gasteiger partial charge in [-0.05, 0) is 32.4 Å². The van der Waals surface area contributed by atoms with Crippen LogP contribution in [0.4, 0.5) is 10.1 Å². The molecule has 0 saturated carbocycles. The minimum absolute atomic E-state index is 0.166. The summed E-state index contributed by atoms with van der Waals surface area (Å²) in [4.78, 5) is 17.7. The van der Waals surface area contributed by atoms with Crippen molar-refractivity contribution >= 4 is 11.5 Å². The Labute approximate surface area is 124 Å². The van der Waals surface area contributed by atoms with Gasteiger partial charge in [0.1, 0.15) is 11.6 Å². The first-order valence-electron chi connectivity index (χ1n) is 6.99. The summed E-state index contributed by atoms with van der Waals surface area (Å²) in [6, 6.07) is 4.73. The van der Waals surface area contributed by atoms with E-state index in [1.807, 2.05) is 25.1 Å². The van der Waals surface area contributed by atoms with Gasteiger partial charge in [-0.25, -0.2) is 9.37 Å². The summed E-state index contributed by atoms with van der Waals surface area (Å²) in [5, 5.41) is 0. The summed E-state index contributed by atoms with van der Waals surface area (Å²) < 4.78 is 15.9. The van der Waals surface area contributed by atoms with E-state index in [9.17, 15) is 9.18 Å². The van der Waals surface area contributed by atoms with Gasteiger partial charge in [0.05, 0.1) is 11.3 Å². The zero-order chi connectivity index (χ0) is 15.4. The molecule has 0 N–H and O–H groups in total. The first-order valence-corrected chi connectivity index (χ1v) is 6.99. The first kappa shape index (κ1) is 15.2. The summed E-state index contributed by atoms with van der Waals surface area (Å²) in [5.74, 6) is 0.269. The van der Waals surface area contributed by atoms with Crippen molar-refractivity contribution < 1.29 is 9.18 Å². The van der Waals surface area contributed by atoms with Crippen molar-refractivity contribution in [2.24, 2.45) is 0 Å². The monoisotopic (exact) mass is 289 g/mol. The third-order valence-corrected chi connectivity index (χ3v) is 3.57. The Balaban J connectivity index is 2.04. The molecule has 0 amide bonds. The molecule has 4 nitrogen and oxygen atoms in total. The Morgan fingerprint density at radius 1 is 1.43 bits per heavy atom. The molecule has 1 aromatic carbocycles. The number of anilines is 1. The van der Waals surface area contributed by atoms with Crippen LogP contribution in [-0.4, -0.2) is 28.9 Å². The highest BCUT2D eigenvalue weighted by atomic mass is 19.1. The topological polar surface area (TPSA) is 38.1 Å². The van der Waals surface area contributed by atoms with E-state index in [0.717, 1.165) is 25.3 Å². The van der Waals surface area contributed by atoms with Gasteiger partial charge < -0.3 is 9.47 Å². The molecule has 21 heavy (non-hydrogen) atoms. The molecule has 0 fully saturated rings. The number of aryl methyl sites for hydroxylation is 2. The normalized spacial score (nSPS) is 10.7. The fourth-order valence-electron chi connectivity index (χ4n) is 2.42. The molecular weight excluding hydrogens is 269 g/mol. The lowest BCUT2D eigenvalue weighted by Gasteiger charge is -2.22. The lowest BCUT2D eigenvalue weighted by molar-refractivity contribution is 0.101. The van der Waals surface area contributed by atoms with Crippen molar-refractivity contribution in [1.29, 1.82) is 0 Å². The molecule has 2 rings (SSSR count). The minimum atomic E-state index is -0.461. The summed E-state index contributed by atoms with van der Waals surface area (Å²) in [5.41, 5.74) is 0.809. The Morgan fingerprint density at radius 2 is 2.19 bits per heavy atom. The number of aromatic nitrogens is 2. The van der Waals surface area contributed by atoms with Gasteiger partial charge in [0.25, 0.3) is 0 Å². The van der Waals surface area contributed by atoms with Crippen LogP contribution in [0.3, 0.4) is 0 Å². The Bertz CT molecular complexity index is 636. The lowest BCUT2D eigenvalue weighted by Crippen LogP contribution is -2.22. The van der Waals surface area contributed by atoms with Crippen molar-refractivity contribution in [1.82, 2.24) is 9.55 Å². The maximum atomic E-state index is 13.8. The van der Waals surface area contributed by atoms with Crippen molar-refractivity contribution in [3.05, 3.63) is 47.8 Å². The highest BCUT2D eigenvalue weighted by Crippen LogP contribution is 2.23. The number of hydrogen-bond acceptors (Lipinski definition) is 3. The molecule has 0 aliphatic heterocycles. The highest BCUT2D eigenvalue weighted by molar-refractivity contribution is 5.99. The number of nitrogens with zero attached hydrogens (tertiary/aromatic N) is 3. The second-order valence-electron chi connectivity index (χ2n) is 5.13. The molecule has 0 atom stereocenters.